The zero-order valence-electron chi connectivity index (χ0n) is 7.37. The molecule has 1 rings (SSSR count). The van der Waals surface area contributed by atoms with Crippen molar-refractivity contribution < 1.29 is 4.79 Å². The van der Waals surface area contributed by atoms with E-state index in [1.807, 2.05) is 31.2 Å². The molecule has 0 aromatic heterocycles. The van der Waals surface area contributed by atoms with Crippen LogP contribution < -0.4 is 4.90 Å². The van der Waals surface area contributed by atoms with Gasteiger partial charge in [0.1, 0.15) is 0 Å². The monoisotopic (exact) mass is 162 g/mol. The van der Waals surface area contributed by atoms with Crippen LogP contribution in [0.4, 0.5) is 5.69 Å². The van der Waals surface area contributed by atoms with E-state index in [4.69, 9.17) is 0 Å². The predicted molar refractivity (Wildman–Crippen MR) is 49.0 cm³/mol. The highest BCUT2D eigenvalue weighted by Crippen LogP contribution is 2.11. The SMILES string of the molecule is CCN(C(C)=O)c1c[c]ccc1. The van der Waals surface area contributed by atoms with Crippen LogP contribution in [0.1, 0.15) is 13.8 Å². The first kappa shape index (κ1) is 8.78. The maximum absolute atomic E-state index is 11.1. The van der Waals surface area contributed by atoms with Crippen LogP contribution in [0.2, 0.25) is 0 Å². The highest BCUT2D eigenvalue weighted by atomic mass is 16.2. The molecule has 1 amide bonds. The zero-order valence-corrected chi connectivity index (χ0v) is 7.37. The molecule has 0 aliphatic carbocycles. The quantitative estimate of drug-likeness (QED) is 0.650. The molecule has 1 aromatic rings. The standard InChI is InChI=1S/C10H12NO/c1-3-11(9(2)12)10-7-5-4-6-8-10/h4-5,7-8H,3H2,1-2H3. The Morgan fingerprint density at radius 3 is 2.83 bits per heavy atom. The second-order valence-corrected chi connectivity index (χ2v) is 2.52. The lowest BCUT2D eigenvalue weighted by Gasteiger charge is -2.18. The Morgan fingerprint density at radius 1 is 1.67 bits per heavy atom. The van der Waals surface area contributed by atoms with Crippen LogP contribution in [0.15, 0.2) is 24.3 Å². The Bertz CT molecular complexity index is 256. The van der Waals surface area contributed by atoms with Crippen LogP contribution in [0.5, 0.6) is 0 Å². The van der Waals surface area contributed by atoms with Crippen molar-refractivity contribution in [2.45, 2.75) is 13.8 Å². The lowest BCUT2D eigenvalue weighted by molar-refractivity contribution is -0.116. The van der Waals surface area contributed by atoms with Gasteiger partial charge in [-0.3, -0.25) is 4.79 Å². The van der Waals surface area contributed by atoms with Gasteiger partial charge in [0.15, 0.2) is 0 Å². The maximum atomic E-state index is 11.1. The number of rotatable bonds is 2. The van der Waals surface area contributed by atoms with E-state index in [9.17, 15) is 4.79 Å². The minimum absolute atomic E-state index is 0.0668. The normalized spacial score (nSPS) is 9.50. The van der Waals surface area contributed by atoms with E-state index in [1.54, 1.807) is 11.8 Å². The van der Waals surface area contributed by atoms with Gasteiger partial charge in [-0.2, -0.15) is 0 Å². The molecule has 0 N–H and O–H groups in total. The number of hydrogen-bond acceptors (Lipinski definition) is 1. The summed E-state index contributed by atoms with van der Waals surface area (Å²) in [5, 5.41) is 0. The molecule has 1 aromatic carbocycles. The Labute approximate surface area is 72.8 Å². The molecule has 0 spiro atoms. The molecule has 0 fully saturated rings. The fourth-order valence-electron chi connectivity index (χ4n) is 1.14. The van der Waals surface area contributed by atoms with Crippen LogP contribution in [0, 0.1) is 6.07 Å². The van der Waals surface area contributed by atoms with Gasteiger partial charge < -0.3 is 4.90 Å². The average Bonchev–Trinajstić information content (AvgIpc) is 2.07. The third-order valence-electron chi connectivity index (χ3n) is 1.70. The van der Waals surface area contributed by atoms with Gasteiger partial charge in [0.25, 0.3) is 0 Å². The van der Waals surface area contributed by atoms with Gasteiger partial charge in [0, 0.05) is 19.2 Å². The van der Waals surface area contributed by atoms with Crippen LogP contribution in [-0.2, 0) is 4.79 Å². The number of nitrogens with zero attached hydrogens (tertiary/aromatic N) is 1. The number of anilines is 1. The maximum Gasteiger partial charge on any atom is 0.223 e. The molecule has 0 bridgehead atoms. The summed E-state index contributed by atoms with van der Waals surface area (Å²) in [6, 6.07) is 10.3. The third-order valence-corrected chi connectivity index (χ3v) is 1.70. The molecule has 0 saturated heterocycles. The van der Waals surface area contributed by atoms with E-state index in [2.05, 4.69) is 6.07 Å². The number of amides is 1. The summed E-state index contributed by atoms with van der Waals surface area (Å²) in [6.45, 7) is 4.22. The Kier molecular flexibility index (Phi) is 2.86. The first-order chi connectivity index (χ1) is 5.75. The summed E-state index contributed by atoms with van der Waals surface area (Å²) >= 11 is 0. The summed E-state index contributed by atoms with van der Waals surface area (Å²) < 4.78 is 0. The van der Waals surface area contributed by atoms with E-state index >= 15 is 0 Å². The van der Waals surface area contributed by atoms with Crippen molar-refractivity contribution in [1.82, 2.24) is 0 Å². The van der Waals surface area contributed by atoms with E-state index < -0.39 is 0 Å². The third kappa shape index (κ3) is 1.84. The Morgan fingerprint density at radius 2 is 2.42 bits per heavy atom. The zero-order chi connectivity index (χ0) is 8.97. The summed E-state index contributed by atoms with van der Waals surface area (Å²) in [6.07, 6.45) is 0. The molecule has 12 heavy (non-hydrogen) atoms. The Balaban J connectivity index is 2.88. The molecule has 2 heteroatoms. The van der Waals surface area contributed by atoms with Gasteiger partial charge in [0.05, 0.1) is 0 Å². The average molecular weight is 162 g/mol. The summed E-state index contributed by atoms with van der Waals surface area (Å²) in [4.78, 5) is 12.8. The van der Waals surface area contributed by atoms with Crippen LogP contribution in [0.3, 0.4) is 0 Å². The smallest absolute Gasteiger partial charge is 0.223 e. The van der Waals surface area contributed by atoms with Crippen molar-refractivity contribution in [3.05, 3.63) is 30.3 Å². The number of benzene rings is 1. The molecule has 1 radical (unpaired) electrons. The van der Waals surface area contributed by atoms with E-state index in [-0.39, 0.29) is 5.91 Å². The first-order valence-electron chi connectivity index (χ1n) is 4.00. The lowest BCUT2D eigenvalue weighted by Crippen LogP contribution is -2.27. The largest absolute Gasteiger partial charge is 0.313 e. The minimum atomic E-state index is 0.0668. The van der Waals surface area contributed by atoms with Crippen molar-refractivity contribution in [3.63, 3.8) is 0 Å². The number of hydrogen-bond donors (Lipinski definition) is 0. The Hall–Kier alpha value is -1.31. The van der Waals surface area contributed by atoms with Crippen molar-refractivity contribution in [1.29, 1.82) is 0 Å². The molecule has 0 atom stereocenters. The molecule has 0 aliphatic heterocycles. The molecule has 0 aliphatic rings. The minimum Gasteiger partial charge on any atom is -0.313 e. The molecular formula is C10H12NO. The number of carbonyl (C=O) groups excluding carboxylic acids is 1. The highest BCUT2D eigenvalue weighted by Gasteiger charge is 2.06. The van der Waals surface area contributed by atoms with E-state index in [0.29, 0.717) is 6.54 Å². The molecule has 0 heterocycles. The molecule has 0 unspecified atom stereocenters. The van der Waals surface area contributed by atoms with Crippen molar-refractivity contribution in [2.24, 2.45) is 0 Å². The van der Waals surface area contributed by atoms with Gasteiger partial charge in [-0.25, -0.2) is 0 Å². The van der Waals surface area contributed by atoms with Gasteiger partial charge in [-0.1, -0.05) is 12.1 Å². The number of carbonyl (C=O) groups is 1. The molecular weight excluding hydrogens is 150 g/mol. The van der Waals surface area contributed by atoms with Gasteiger partial charge in [0.2, 0.25) is 5.91 Å². The van der Waals surface area contributed by atoms with E-state index in [0.717, 1.165) is 5.69 Å². The van der Waals surface area contributed by atoms with Crippen molar-refractivity contribution in [3.8, 4) is 0 Å². The van der Waals surface area contributed by atoms with Gasteiger partial charge >= 0.3 is 0 Å². The molecule has 2 nitrogen and oxygen atoms in total. The second-order valence-electron chi connectivity index (χ2n) is 2.52. The first-order valence-corrected chi connectivity index (χ1v) is 4.00. The van der Waals surface area contributed by atoms with Crippen LogP contribution >= 0.6 is 0 Å². The van der Waals surface area contributed by atoms with Gasteiger partial charge in [-0.05, 0) is 25.1 Å². The topological polar surface area (TPSA) is 20.3 Å². The fraction of sp³-hybridized carbons (Fsp3) is 0.300. The van der Waals surface area contributed by atoms with Gasteiger partial charge in [-0.15, -0.1) is 0 Å². The fourth-order valence-corrected chi connectivity index (χ4v) is 1.14. The van der Waals surface area contributed by atoms with E-state index in [1.165, 1.54) is 0 Å². The summed E-state index contributed by atoms with van der Waals surface area (Å²) in [5.74, 6) is 0.0668. The predicted octanol–water partition coefficient (Wildman–Crippen LogP) is 1.86. The highest BCUT2D eigenvalue weighted by molar-refractivity contribution is 5.91. The molecule has 63 valence electrons. The van der Waals surface area contributed by atoms with Crippen LogP contribution in [0.25, 0.3) is 0 Å². The summed E-state index contributed by atoms with van der Waals surface area (Å²) in [5.41, 5.74) is 0.910. The molecule has 0 saturated carbocycles. The summed E-state index contributed by atoms with van der Waals surface area (Å²) in [7, 11) is 0. The second kappa shape index (κ2) is 3.90. The van der Waals surface area contributed by atoms with Crippen molar-refractivity contribution in [2.75, 3.05) is 11.4 Å². The van der Waals surface area contributed by atoms with Crippen molar-refractivity contribution >= 4 is 11.6 Å². The lowest BCUT2D eigenvalue weighted by atomic mass is 10.3. The van der Waals surface area contributed by atoms with Crippen LogP contribution in [-0.4, -0.2) is 12.5 Å².